The summed E-state index contributed by atoms with van der Waals surface area (Å²) in [5.41, 5.74) is 3.38. The summed E-state index contributed by atoms with van der Waals surface area (Å²) in [5, 5.41) is 18.0. The van der Waals surface area contributed by atoms with Crippen molar-refractivity contribution in [1.29, 1.82) is 0 Å². The smallest absolute Gasteiger partial charge is 0.372 e. The standard InChI is InChI=1S/C19H17Cl2NO4.C19H23ClN2O2S.C3H8NO5P/c1-2-26-19(25)16(21)10-11-9-12(7-8-15(11)20)22-17(23)13-5-3-4-6-14(13)18(22)24;1-2-3-4-5-6-10-13-25-19(23)24-16-14-17(20)21-22-18(16)15-11-8-7-9-12-15;5-3(6)1-4-2-10(7,8)9/h7-10H,2-6H2,1H3;7-9,11-12,14H,2-6,10,13H2,1H3;4H,1-2H2,(H,5,6)(H2,7,8,9)/b16-10-;;. The van der Waals surface area contributed by atoms with Crippen LogP contribution in [0.3, 0.4) is 0 Å². The number of carboxylic acid groups (broad SMARTS) is 1. The number of unbranched alkanes of at least 4 members (excludes halogenated alkanes) is 5. The van der Waals surface area contributed by atoms with E-state index in [9.17, 15) is 28.5 Å². The summed E-state index contributed by atoms with van der Waals surface area (Å²) in [5.74, 6) is -1.27. The molecule has 330 valence electrons. The predicted molar refractivity (Wildman–Crippen MR) is 237 cm³/mol. The van der Waals surface area contributed by atoms with E-state index >= 15 is 0 Å². The van der Waals surface area contributed by atoms with Crippen LogP contribution in [0.4, 0.5) is 10.5 Å². The molecule has 0 saturated carbocycles. The summed E-state index contributed by atoms with van der Waals surface area (Å²) >= 11 is 19.2. The molecule has 0 atom stereocenters. The molecule has 0 radical (unpaired) electrons. The number of anilines is 1. The number of thioether (sulfide) groups is 1. The number of nitrogens with zero attached hydrogens (tertiary/aromatic N) is 3. The summed E-state index contributed by atoms with van der Waals surface area (Å²) in [4.78, 5) is 76.4. The maximum atomic E-state index is 12.7. The number of nitrogens with one attached hydrogen (secondary N) is 1. The topological polar surface area (TPSA) is 223 Å². The van der Waals surface area contributed by atoms with Crippen molar-refractivity contribution in [2.24, 2.45) is 0 Å². The Bertz CT molecular complexity index is 2090. The number of rotatable bonds is 17. The molecule has 1 aliphatic carbocycles. The van der Waals surface area contributed by atoms with Crippen molar-refractivity contribution in [2.45, 2.75) is 78.1 Å². The maximum Gasteiger partial charge on any atom is 0.372 e. The van der Waals surface area contributed by atoms with Gasteiger partial charge >= 0.3 is 24.8 Å². The highest BCUT2D eigenvalue weighted by atomic mass is 35.5. The zero-order valence-corrected chi connectivity index (χ0v) is 37.6. The van der Waals surface area contributed by atoms with Gasteiger partial charge in [0.2, 0.25) is 0 Å². The van der Waals surface area contributed by atoms with Gasteiger partial charge in [0.1, 0.15) is 10.7 Å². The van der Waals surface area contributed by atoms with Gasteiger partial charge in [0.15, 0.2) is 10.9 Å². The molecule has 0 saturated heterocycles. The molecular formula is C41H48Cl3N4O11PS. The van der Waals surface area contributed by atoms with Crippen LogP contribution in [-0.2, 0) is 28.5 Å². The molecule has 0 spiro atoms. The second-order valence-electron chi connectivity index (χ2n) is 13.4. The summed E-state index contributed by atoms with van der Waals surface area (Å²) in [7, 11) is -4.10. The SMILES string of the molecule is CCCCCCCCSC(=O)Oc1cc(Cl)nnc1-c1ccccc1.CCOC(=O)/C(Cl)=C/c1cc(N2C(=O)C3=C(CCCC3)C2=O)ccc1Cl.O=C(O)CNCP(=O)(O)O. The largest absolute Gasteiger partial charge is 0.480 e. The minimum atomic E-state index is -4.10. The van der Waals surface area contributed by atoms with E-state index in [1.807, 2.05) is 30.3 Å². The Labute approximate surface area is 373 Å². The maximum absolute atomic E-state index is 12.7. The number of esters is 1. The van der Waals surface area contributed by atoms with Gasteiger partial charge in [-0.3, -0.25) is 24.3 Å². The third kappa shape index (κ3) is 17.6. The molecule has 2 aromatic carbocycles. The first-order chi connectivity index (χ1) is 29.1. The lowest BCUT2D eigenvalue weighted by Gasteiger charge is -2.16. The first kappa shape index (κ1) is 51.2. The van der Waals surface area contributed by atoms with Crippen molar-refractivity contribution in [3.63, 3.8) is 0 Å². The molecule has 61 heavy (non-hydrogen) atoms. The minimum absolute atomic E-state index is 0.137. The number of benzene rings is 2. The number of carboxylic acids is 1. The van der Waals surface area contributed by atoms with Gasteiger partial charge in [-0.05, 0) is 80.6 Å². The number of ether oxygens (including phenoxy) is 2. The van der Waals surface area contributed by atoms with Crippen molar-refractivity contribution in [2.75, 3.05) is 30.1 Å². The number of carbonyl (C=O) groups is 5. The molecule has 20 heteroatoms. The molecule has 15 nitrogen and oxygen atoms in total. The lowest BCUT2D eigenvalue weighted by Crippen LogP contribution is -2.31. The average molecular weight is 942 g/mol. The fourth-order valence-corrected chi connectivity index (χ4v) is 7.39. The number of amides is 2. The number of imide groups is 1. The van der Waals surface area contributed by atoms with E-state index in [0.29, 0.717) is 51.7 Å². The van der Waals surface area contributed by atoms with E-state index < -0.39 is 32.4 Å². The zero-order chi connectivity index (χ0) is 45.0. The van der Waals surface area contributed by atoms with E-state index in [0.717, 1.165) is 37.0 Å². The van der Waals surface area contributed by atoms with Crippen LogP contribution in [0.5, 0.6) is 5.75 Å². The average Bonchev–Trinajstić information content (AvgIpc) is 3.47. The highest BCUT2D eigenvalue weighted by Gasteiger charge is 2.39. The molecular weight excluding hydrogens is 894 g/mol. The molecule has 4 N–H and O–H groups in total. The highest BCUT2D eigenvalue weighted by Crippen LogP contribution is 2.37. The Kier molecular flexibility index (Phi) is 22.2. The minimum Gasteiger partial charge on any atom is -0.480 e. The van der Waals surface area contributed by atoms with Gasteiger partial charge in [0.05, 0.1) is 25.1 Å². The Morgan fingerprint density at radius 3 is 2.16 bits per heavy atom. The van der Waals surface area contributed by atoms with Gasteiger partial charge in [0.25, 0.3) is 11.8 Å². The van der Waals surface area contributed by atoms with Crippen LogP contribution in [0.1, 0.15) is 83.6 Å². The van der Waals surface area contributed by atoms with E-state index in [-0.39, 0.29) is 33.9 Å². The van der Waals surface area contributed by atoms with Crippen LogP contribution in [-0.4, -0.2) is 79.3 Å². The van der Waals surface area contributed by atoms with Gasteiger partial charge in [0, 0.05) is 33.6 Å². The van der Waals surface area contributed by atoms with Gasteiger partial charge in [-0.15, -0.1) is 10.2 Å². The molecule has 5 rings (SSSR count). The fourth-order valence-electron chi connectivity index (χ4n) is 5.84. The van der Waals surface area contributed by atoms with Gasteiger partial charge in [-0.1, -0.05) is 104 Å². The van der Waals surface area contributed by atoms with Crippen LogP contribution in [0, 0.1) is 0 Å². The third-order valence-corrected chi connectivity index (χ3v) is 10.9. The highest BCUT2D eigenvalue weighted by molar-refractivity contribution is 8.13. The molecule has 0 bridgehead atoms. The van der Waals surface area contributed by atoms with Gasteiger partial charge < -0.3 is 24.4 Å². The predicted octanol–water partition coefficient (Wildman–Crippen LogP) is 9.41. The fraction of sp³-hybridized carbons (Fsp3) is 0.390. The number of carbonyl (C=O) groups excluding carboxylic acids is 4. The molecule has 1 aromatic heterocycles. The van der Waals surface area contributed by atoms with E-state index in [1.165, 1.54) is 54.5 Å². The number of halogens is 3. The van der Waals surface area contributed by atoms with Crippen molar-refractivity contribution in [1.82, 2.24) is 15.5 Å². The van der Waals surface area contributed by atoms with E-state index in [1.54, 1.807) is 25.1 Å². The molecule has 2 aliphatic rings. The molecule has 2 heterocycles. The molecule has 3 aromatic rings. The Balaban J connectivity index is 0.000000268. The summed E-state index contributed by atoms with van der Waals surface area (Å²) < 4.78 is 20.4. The number of hydrogen-bond donors (Lipinski definition) is 4. The second-order valence-corrected chi connectivity index (χ2v) is 17.3. The van der Waals surface area contributed by atoms with Gasteiger partial charge in [-0.2, -0.15) is 0 Å². The first-order valence-electron chi connectivity index (χ1n) is 19.4. The van der Waals surface area contributed by atoms with Gasteiger partial charge in [-0.25, -0.2) is 14.5 Å². The van der Waals surface area contributed by atoms with Crippen LogP contribution in [0.25, 0.3) is 17.3 Å². The molecule has 2 amide bonds. The number of aromatic nitrogens is 2. The molecule has 1 aliphatic heterocycles. The normalized spacial score (nSPS) is 13.8. The lowest BCUT2D eigenvalue weighted by molar-refractivity contribution is -0.138. The summed E-state index contributed by atoms with van der Waals surface area (Å²) in [6.07, 6.45) is 11.0. The summed E-state index contributed by atoms with van der Waals surface area (Å²) in [6, 6.07) is 15.7. The monoisotopic (exact) mass is 940 g/mol. The quantitative estimate of drug-likeness (QED) is 0.0325. The third-order valence-electron chi connectivity index (χ3n) is 8.66. The van der Waals surface area contributed by atoms with Crippen LogP contribution < -0.4 is 15.0 Å². The van der Waals surface area contributed by atoms with E-state index in [2.05, 4.69) is 22.4 Å². The van der Waals surface area contributed by atoms with Crippen molar-refractivity contribution < 1.29 is 52.9 Å². The molecule has 0 unspecified atom stereocenters. The Hall–Kier alpha value is -4.12. The lowest BCUT2D eigenvalue weighted by atomic mass is 9.93. The van der Waals surface area contributed by atoms with Crippen molar-refractivity contribution in [3.05, 3.63) is 86.5 Å². The Morgan fingerprint density at radius 2 is 1.56 bits per heavy atom. The first-order valence-corrected chi connectivity index (χ1v) is 23.3. The van der Waals surface area contributed by atoms with E-state index in [4.69, 9.17) is 59.2 Å². The van der Waals surface area contributed by atoms with Crippen LogP contribution in [0.15, 0.2) is 70.8 Å². The second kappa shape index (κ2) is 26.4. The number of hydrogen-bond acceptors (Lipinski definition) is 12. The summed E-state index contributed by atoms with van der Waals surface area (Å²) in [6.45, 7) is 3.64. The van der Waals surface area contributed by atoms with Crippen molar-refractivity contribution in [3.8, 4) is 17.0 Å². The van der Waals surface area contributed by atoms with Crippen molar-refractivity contribution >= 4 is 95.0 Å². The van der Waals surface area contributed by atoms with Crippen LogP contribution in [0.2, 0.25) is 10.2 Å². The zero-order valence-electron chi connectivity index (χ0n) is 33.6. The molecule has 0 fully saturated rings. The number of aliphatic carboxylic acids is 1. The Morgan fingerprint density at radius 1 is 0.918 bits per heavy atom. The van der Waals surface area contributed by atoms with Crippen LogP contribution >= 0.6 is 54.2 Å².